The van der Waals surface area contributed by atoms with Crippen molar-refractivity contribution in [1.29, 1.82) is 0 Å². The van der Waals surface area contributed by atoms with E-state index in [1.807, 2.05) is 0 Å². The summed E-state index contributed by atoms with van der Waals surface area (Å²) in [6.07, 6.45) is 0. The summed E-state index contributed by atoms with van der Waals surface area (Å²) >= 11 is 1.12. The van der Waals surface area contributed by atoms with Gasteiger partial charge in [-0.3, -0.25) is 0 Å². The van der Waals surface area contributed by atoms with Gasteiger partial charge in [0.15, 0.2) is 5.13 Å². The molecular weight excluding hydrogens is 191 g/mol. The van der Waals surface area contributed by atoms with Gasteiger partial charge in [-0.25, -0.2) is 9.37 Å². The number of anilines is 1. The maximum atomic E-state index is 13.2. The van der Waals surface area contributed by atoms with Crippen molar-refractivity contribution in [2.75, 3.05) is 12.8 Å². The lowest BCUT2D eigenvalue weighted by molar-refractivity contribution is 0.418. The maximum Gasteiger partial charge on any atom is 0.181 e. The SMILES string of the molecule is COc1ccc(F)c2sc(N)nc12. The van der Waals surface area contributed by atoms with E-state index in [-0.39, 0.29) is 5.82 Å². The summed E-state index contributed by atoms with van der Waals surface area (Å²) in [4.78, 5) is 3.98. The second-order valence-electron chi connectivity index (χ2n) is 2.48. The number of fused-ring (bicyclic) bond motifs is 1. The molecule has 1 aromatic heterocycles. The molecule has 2 rings (SSSR count). The number of aromatic nitrogens is 1. The van der Waals surface area contributed by atoms with Crippen molar-refractivity contribution in [2.45, 2.75) is 0 Å². The Balaban J connectivity index is 2.83. The highest BCUT2D eigenvalue weighted by molar-refractivity contribution is 7.22. The summed E-state index contributed by atoms with van der Waals surface area (Å²) in [7, 11) is 1.52. The van der Waals surface area contributed by atoms with Crippen LogP contribution in [0.3, 0.4) is 0 Å². The third-order valence-corrected chi connectivity index (χ3v) is 2.59. The van der Waals surface area contributed by atoms with E-state index in [1.165, 1.54) is 19.2 Å². The normalized spacial score (nSPS) is 10.6. The van der Waals surface area contributed by atoms with Gasteiger partial charge in [0.2, 0.25) is 0 Å². The molecule has 3 nitrogen and oxygen atoms in total. The molecule has 0 saturated heterocycles. The number of nitrogens with zero attached hydrogens (tertiary/aromatic N) is 1. The van der Waals surface area contributed by atoms with Crippen molar-refractivity contribution in [3.8, 4) is 5.75 Å². The summed E-state index contributed by atoms with van der Waals surface area (Å²) < 4.78 is 18.6. The van der Waals surface area contributed by atoms with Crippen LogP contribution in [0.1, 0.15) is 0 Å². The molecule has 0 aliphatic carbocycles. The van der Waals surface area contributed by atoms with Crippen LogP contribution >= 0.6 is 11.3 Å². The Labute approximate surface area is 78.0 Å². The zero-order chi connectivity index (χ0) is 9.42. The van der Waals surface area contributed by atoms with Crippen molar-refractivity contribution in [1.82, 2.24) is 4.98 Å². The summed E-state index contributed by atoms with van der Waals surface area (Å²) in [6.45, 7) is 0. The van der Waals surface area contributed by atoms with Crippen LogP contribution in [0.5, 0.6) is 5.75 Å². The Morgan fingerprint density at radius 1 is 1.54 bits per heavy atom. The topological polar surface area (TPSA) is 48.1 Å². The fourth-order valence-corrected chi connectivity index (χ4v) is 1.89. The zero-order valence-corrected chi connectivity index (χ0v) is 7.69. The lowest BCUT2D eigenvalue weighted by atomic mass is 10.3. The number of benzene rings is 1. The second kappa shape index (κ2) is 2.85. The lowest BCUT2D eigenvalue weighted by Gasteiger charge is -1.99. The van der Waals surface area contributed by atoms with Crippen molar-refractivity contribution in [3.63, 3.8) is 0 Å². The molecule has 0 unspecified atom stereocenters. The summed E-state index contributed by atoms with van der Waals surface area (Å²) in [5.41, 5.74) is 5.96. The third kappa shape index (κ3) is 1.21. The molecule has 0 bridgehead atoms. The smallest absolute Gasteiger partial charge is 0.181 e. The number of rotatable bonds is 1. The van der Waals surface area contributed by atoms with Gasteiger partial charge in [0.25, 0.3) is 0 Å². The Morgan fingerprint density at radius 3 is 3.00 bits per heavy atom. The summed E-state index contributed by atoms with van der Waals surface area (Å²) in [5.74, 6) is 0.231. The number of nitrogen functional groups attached to an aromatic ring is 1. The molecule has 2 N–H and O–H groups in total. The lowest BCUT2D eigenvalue weighted by Crippen LogP contribution is -1.86. The Hall–Kier alpha value is -1.36. The van der Waals surface area contributed by atoms with Crippen LogP contribution in [-0.2, 0) is 0 Å². The highest BCUT2D eigenvalue weighted by atomic mass is 32.1. The van der Waals surface area contributed by atoms with Gasteiger partial charge in [0.1, 0.15) is 17.1 Å². The molecule has 0 fully saturated rings. The van der Waals surface area contributed by atoms with Crippen LogP contribution in [-0.4, -0.2) is 12.1 Å². The molecule has 0 amide bonds. The Morgan fingerprint density at radius 2 is 2.31 bits per heavy atom. The minimum absolute atomic E-state index is 0.315. The van der Waals surface area contributed by atoms with Gasteiger partial charge in [0.05, 0.1) is 11.8 Å². The average Bonchev–Trinajstić information content (AvgIpc) is 2.48. The number of thiazole rings is 1. The molecule has 0 aliphatic heterocycles. The third-order valence-electron chi connectivity index (χ3n) is 1.69. The van der Waals surface area contributed by atoms with E-state index in [0.29, 0.717) is 21.1 Å². The number of methoxy groups -OCH3 is 1. The Bertz CT molecular complexity index is 455. The first-order valence-corrected chi connectivity index (χ1v) is 4.42. The van der Waals surface area contributed by atoms with Gasteiger partial charge >= 0.3 is 0 Å². The van der Waals surface area contributed by atoms with Crippen LogP contribution < -0.4 is 10.5 Å². The molecule has 0 aliphatic rings. The minimum Gasteiger partial charge on any atom is -0.494 e. The molecule has 2 aromatic rings. The van der Waals surface area contributed by atoms with E-state index in [4.69, 9.17) is 10.5 Å². The second-order valence-corrected chi connectivity index (χ2v) is 3.51. The molecular formula is C8H7FN2OS. The zero-order valence-electron chi connectivity index (χ0n) is 6.87. The Kier molecular flexibility index (Phi) is 1.81. The molecule has 5 heteroatoms. The van der Waals surface area contributed by atoms with Gasteiger partial charge in [-0.2, -0.15) is 0 Å². The molecule has 0 atom stereocenters. The predicted molar refractivity (Wildman–Crippen MR) is 50.5 cm³/mol. The van der Waals surface area contributed by atoms with Crippen LogP contribution in [0.25, 0.3) is 10.2 Å². The molecule has 0 saturated carbocycles. The predicted octanol–water partition coefficient (Wildman–Crippen LogP) is 2.03. The molecule has 0 spiro atoms. The first-order valence-electron chi connectivity index (χ1n) is 3.61. The number of hydrogen-bond donors (Lipinski definition) is 1. The minimum atomic E-state index is -0.315. The van der Waals surface area contributed by atoms with E-state index in [0.717, 1.165) is 11.3 Å². The first-order chi connectivity index (χ1) is 6.22. The fourth-order valence-electron chi connectivity index (χ4n) is 1.13. The van der Waals surface area contributed by atoms with Crippen LogP contribution in [0.15, 0.2) is 12.1 Å². The number of halogens is 1. The van der Waals surface area contributed by atoms with E-state index < -0.39 is 0 Å². The van der Waals surface area contributed by atoms with Crippen molar-refractivity contribution >= 4 is 26.7 Å². The average molecular weight is 198 g/mol. The fraction of sp³-hybridized carbons (Fsp3) is 0.125. The standard InChI is InChI=1S/C8H7FN2OS/c1-12-5-3-2-4(9)7-6(5)11-8(10)13-7/h2-3H,1H3,(H2,10,11). The highest BCUT2D eigenvalue weighted by Crippen LogP contribution is 2.32. The number of nitrogens with two attached hydrogens (primary N) is 1. The van der Waals surface area contributed by atoms with Crippen LogP contribution in [0, 0.1) is 5.82 Å². The number of hydrogen-bond acceptors (Lipinski definition) is 4. The van der Waals surface area contributed by atoms with Gasteiger partial charge in [-0.05, 0) is 12.1 Å². The van der Waals surface area contributed by atoms with Crippen molar-refractivity contribution in [3.05, 3.63) is 17.9 Å². The van der Waals surface area contributed by atoms with E-state index in [2.05, 4.69) is 4.98 Å². The molecule has 1 aromatic carbocycles. The van der Waals surface area contributed by atoms with Crippen LogP contribution in [0.4, 0.5) is 9.52 Å². The van der Waals surface area contributed by atoms with Gasteiger partial charge < -0.3 is 10.5 Å². The van der Waals surface area contributed by atoms with Gasteiger partial charge in [-0.1, -0.05) is 11.3 Å². The van der Waals surface area contributed by atoms with Crippen LogP contribution in [0.2, 0.25) is 0 Å². The summed E-state index contributed by atoms with van der Waals surface area (Å²) in [6, 6.07) is 2.88. The number of ether oxygens (including phenoxy) is 1. The van der Waals surface area contributed by atoms with E-state index in [9.17, 15) is 4.39 Å². The monoisotopic (exact) mass is 198 g/mol. The molecule has 1 heterocycles. The van der Waals surface area contributed by atoms with Gasteiger partial charge in [0, 0.05) is 0 Å². The molecule has 13 heavy (non-hydrogen) atoms. The molecule has 68 valence electrons. The van der Waals surface area contributed by atoms with E-state index in [1.54, 1.807) is 0 Å². The summed E-state index contributed by atoms with van der Waals surface area (Å²) in [5, 5.41) is 0.346. The van der Waals surface area contributed by atoms with E-state index >= 15 is 0 Å². The molecule has 0 radical (unpaired) electrons. The quantitative estimate of drug-likeness (QED) is 0.762. The van der Waals surface area contributed by atoms with Gasteiger partial charge in [-0.15, -0.1) is 0 Å². The highest BCUT2D eigenvalue weighted by Gasteiger charge is 2.10. The largest absolute Gasteiger partial charge is 0.494 e. The first kappa shape index (κ1) is 8.25. The maximum absolute atomic E-state index is 13.2. The van der Waals surface area contributed by atoms with Crippen molar-refractivity contribution < 1.29 is 9.13 Å². The van der Waals surface area contributed by atoms with Crippen molar-refractivity contribution in [2.24, 2.45) is 0 Å².